The van der Waals surface area contributed by atoms with Gasteiger partial charge in [0.15, 0.2) is 6.61 Å². The molecule has 0 aliphatic heterocycles. The van der Waals surface area contributed by atoms with E-state index in [4.69, 9.17) is 10.00 Å². The SMILES string of the molecule is CN(C(=O)COc1ccc(C#N)cc1)[C@@H]1CCCc2ccccc21. The number of hydrogen-bond acceptors (Lipinski definition) is 3. The molecule has 0 fully saturated rings. The van der Waals surface area contributed by atoms with Crippen LogP contribution < -0.4 is 4.74 Å². The van der Waals surface area contributed by atoms with Crippen molar-refractivity contribution in [3.05, 3.63) is 65.2 Å². The van der Waals surface area contributed by atoms with Crippen LogP contribution in [0, 0.1) is 11.3 Å². The second-order valence-corrected chi connectivity index (χ2v) is 6.04. The Labute approximate surface area is 142 Å². The molecule has 3 rings (SSSR count). The quantitative estimate of drug-likeness (QED) is 0.866. The third kappa shape index (κ3) is 3.41. The van der Waals surface area contributed by atoms with Gasteiger partial charge in [0, 0.05) is 7.05 Å². The van der Waals surface area contributed by atoms with E-state index >= 15 is 0 Å². The number of likely N-dealkylation sites (N-methyl/N-ethyl adjacent to an activating group) is 1. The third-order valence-electron chi connectivity index (χ3n) is 4.54. The molecule has 24 heavy (non-hydrogen) atoms. The summed E-state index contributed by atoms with van der Waals surface area (Å²) in [5, 5.41) is 8.79. The Kier molecular flexibility index (Phi) is 4.81. The molecule has 122 valence electrons. The van der Waals surface area contributed by atoms with Crippen molar-refractivity contribution < 1.29 is 9.53 Å². The van der Waals surface area contributed by atoms with Crippen LogP contribution in [0.4, 0.5) is 0 Å². The molecule has 0 spiro atoms. The van der Waals surface area contributed by atoms with Gasteiger partial charge in [-0.2, -0.15) is 5.26 Å². The molecule has 0 bridgehead atoms. The Morgan fingerprint density at radius 3 is 2.75 bits per heavy atom. The summed E-state index contributed by atoms with van der Waals surface area (Å²) < 4.78 is 5.57. The fourth-order valence-electron chi connectivity index (χ4n) is 3.18. The van der Waals surface area contributed by atoms with Crippen LogP contribution in [0.1, 0.15) is 35.6 Å². The van der Waals surface area contributed by atoms with Crippen molar-refractivity contribution in [2.24, 2.45) is 0 Å². The Morgan fingerprint density at radius 1 is 1.25 bits per heavy atom. The zero-order chi connectivity index (χ0) is 16.9. The van der Waals surface area contributed by atoms with Gasteiger partial charge in [0.1, 0.15) is 5.75 Å². The molecule has 0 radical (unpaired) electrons. The maximum absolute atomic E-state index is 12.5. The Bertz CT molecular complexity index is 762. The van der Waals surface area contributed by atoms with Gasteiger partial charge in [-0.25, -0.2) is 0 Å². The van der Waals surface area contributed by atoms with Crippen LogP contribution in [-0.4, -0.2) is 24.5 Å². The lowest BCUT2D eigenvalue weighted by Crippen LogP contribution is -2.36. The van der Waals surface area contributed by atoms with E-state index in [0.29, 0.717) is 11.3 Å². The number of ether oxygens (including phenoxy) is 1. The van der Waals surface area contributed by atoms with Gasteiger partial charge >= 0.3 is 0 Å². The van der Waals surface area contributed by atoms with Gasteiger partial charge in [0.25, 0.3) is 5.91 Å². The molecule has 4 heteroatoms. The van der Waals surface area contributed by atoms with Crippen LogP contribution in [0.3, 0.4) is 0 Å². The Morgan fingerprint density at radius 2 is 2.00 bits per heavy atom. The van der Waals surface area contributed by atoms with Crippen molar-refractivity contribution in [2.45, 2.75) is 25.3 Å². The molecule has 2 aromatic carbocycles. The molecule has 4 nitrogen and oxygen atoms in total. The molecule has 0 aromatic heterocycles. The van der Waals surface area contributed by atoms with E-state index < -0.39 is 0 Å². The van der Waals surface area contributed by atoms with E-state index in [1.54, 1.807) is 29.2 Å². The van der Waals surface area contributed by atoms with Gasteiger partial charge in [-0.05, 0) is 54.7 Å². The number of carbonyl (C=O) groups excluding carboxylic acids is 1. The minimum Gasteiger partial charge on any atom is -0.484 e. The van der Waals surface area contributed by atoms with Crippen LogP contribution >= 0.6 is 0 Å². The number of nitrogens with zero attached hydrogens (tertiary/aromatic N) is 2. The average Bonchev–Trinajstić information content (AvgIpc) is 2.65. The molecule has 1 atom stereocenters. The summed E-state index contributed by atoms with van der Waals surface area (Å²) in [6.07, 6.45) is 3.16. The van der Waals surface area contributed by atoms with Crippen LogP contribution in [-0.2, 0) is 11.2 Å². The molecule has 0 saturated carbocycles. The second kappa shape index (κ2) is 7.18. The number of aryl methyl sites for hydroxylation is 1. The van der Waals surface area contributed by atoms with Gasteiger partial charge in [-0.3, -0.25) is 4.79 Å². The lowest BCUT2D eigenvalue weighted by molar-refractivity contribution is -0.134. The van der Waals surface area contributed by atoms with Crippen molar-refractivity contribution in [1.82, 2.24) is 4.90 Å². The van der Waals surface area contributed by atoms with Crippen molar-refractivity contribution in [2.75, 3.05) is 13.7 Å². The molecular formula is C20H20N2O2. The monoisotopic (exact) mass is 320 g/mol. The number of amides is 1. The zero-order valence-corrected chi connectivity index (χ0v) is 13.7. The van der Waals surface area contributed by atoms with E-state index in [1.165, 1.54) is 11.1 Å². The predicted octanol–water partition coefficient (Wildman–Crippen LogP) is 3.47. The van der Waals surface area contributed by atoms with Crippen molar-refractivity contribution in [3.63, 3.8) is 0 Å². The minimum absolute atomic E-state index is 0.00106. The third-order valence-corrected chi connectivity index (χ3v) is 4.54. The lowest BCUT2D eigenvalue weighted by atomic mass is 9.87. The van der Waals surface area contributed by atoms with Gasteiger partial charge < -0.3 is 9.64 Å². The van der Waals surface area contributed by atoms with E-state index in [1.807, 2.05) is 13.1 Å². The topological polar surface area (TPSA) is 53.3 Å². The highest BCUT2D eigenvalue weighted by molar-refractivity contribution is 5.78. The first-order valence-corrected chi connectivity index (χ1v) is 8.15. The first-order chi connectivity index (χ1) is 11.7. The molecule has 0 heterocycles. The highest BCUT2D eigenvalue weighted by Gasteiger charge is 2.26. The molecule has 0 saturated heterocycles. The van der Waals surface area contributed by atoms with E-state index in [9.17, 15) is 4.79 Å². The number of rotatable bonds is 4. The highest BCUT2D eigenvalue weighted by atomic mass is 16.5. The lowest BCUT2D eigenvalue weighted by Gasteiger charge is -2.33. The van der Waals surface area contributed by atoms with Crippen LogP contribution in [0.2, 0.25) is 0 Å². The molecule has 1 aliphatic carbocycles. The standard InChI is InChI=1S/C20H20N2O2/c1-22(19-8-4-6-16-5-2-3-7-18(16)19)20(23)14-24-17-11-9-15(13-21)10-12-17/h2-3,5,7,9-12,19H,4,6,8,14H2,1H3/t19-/m1/s1. The summed E-state index contributed by atoms with van der Waals surface area (Å²) in [6.45, 7) is 0.00106. The molecule has 0 unspecified atom stereocenters. The average molecular weight is 320 g/mol. The number of carbonyl (C=O) groups is 1. The first-order valence-electron chi connectivity index (χ1n) is 8.15. The second-order valence-electron chi connectivity index (χ2n) is 6.04. The maximum atomic E-state index is 12.5. The molecular weight excluding hydrogens is 300 g/mol. The van der Waals surface area contributed by atoms with Crippen molar-refractivity contribution in [3.8, 4) is 11.8 Å². The maximum Gasteiger partial charge on any atom is 0.260 e. The van der Waals surface area contributed by atoms with E-state index in [-0.39, 0.29) is 18.6 Å². The van der Waals surface area contributed by atoms with E-state index in [2.05, 4.69) is 24.3 Å². The summed E-state index contributed by atoms with van der Waals surface area (Å²) in [6, 6.07) is 17.3. The molecule has 1 aliphatic rings. The zero-order valence-electron chi connectivity index (χ0n) is 13.7. The van der Waals surface area contributed by atoms with Gasteiger partial charge in [-0.1, -0.05) is 24.3 Å². The van der Waals surface area contributed by atoms with Crippen molar-refractivity contribution in [1.29, 1.82) is 5.26 Å². The number of hydrogen-bond donors (Lipinski definition) is 0. The Hall–Kier alpha value is -2.80. The summed E-state index contributed by atoms with van der Waals surface area (Å²) in [5.41, 5.74) is 3.16. The molecule has 1 amide bonds. The normalized spacial score (nSPS) is 15.9. The number of fused-ring (bicyclic) bond motifs is 1. The summed E-state index contributed by atoms with van der Waals surface area (Å²) in [4.78, 5) is 14.3. The predicted molar refractivity (Wildman–Crippen MR) is 91.5 cm³/mol. The van der Waals surface area contributed by atoms with E-state index in [0.717, 1.165) is 19.3 Å². The largest absolute Gasteiger partial charge is 0.484 e. The van der Waals surface area contributed by atoms with Crippen LogP contribution in [0.15, 0.2) is 48.5 Å². The van der Waals surface area contributed by atoms with Gasteiger partial charge in [0.05, 0.1) is 17.7 Å². The summed E-state index contributed by atoms with van der Waals surface area (Å²) in [7, 11) is 1.84. The van der Waals surface area contributed by atoms with Gasteiger partial charge in [0.2, 0.25) is 0 Å². The minimum atomic E-state index is -0.0407. The molecule has 0 N–H and O–H groups in total. The fraction of sp³-hybridized carbons (Fsp3) is 0.300. The van der Waals surface area contributed by atoms with Crippen LogP contribution in [0.5, 0.6) is 5.75 Å². The highest BCUT2D eigenvalue weighted by Crippen LogP contribution is 2.33. The summed E-state index contributed by atoms with van der Waals surface area (Å²) in [5.74, 6) is 0.556. The number of nitriles is 1. The number of benzene rings is 2. The Balaban J connectivity index is 1.64. The van der Waals surface area contributed by atoms with Gasteiger partial charge in [-0.15, -0.1) is 0 Å². The first kappa shape index (κ1) is 16.1. The summed E-state index contributed by atoms with van der Waals surface area (Å²) >= 11 is 0. The fourth-order valence-corrected chi connectivity index (χ4v) is 3.18. The van der Waals surface area contributed by atoms with Crippen molar-refractivity contribution >= 4 is 5.91 Å². The molecule has 2 aromatic rings. The smallest absolute Gasteiger partial charge is 0.260 e. The van der Waals surface area contributed by atoms with Crippen LogP contribution in [0.25, 0.3) is 0 Å².